The molecule has 0 bridgehead atoms. The molecule has 3 aromatic rings. The predicted molar refractivity (Wildman–Crippen MR) is 111 cm³/mol. The first-order chi connectivity index (χ1) is 15.6. The minimum Gasteiger partial charge on any atom is -0.457 e. The summed E-state index contributed by atoms with van der Waals surface area (Å²) in [5.41, 5.74) is 3.23. The number of nitrogens with one attached hydrogen (secondary N) is 2. The average Bonchev–Trinajstić information content (AvgIpc) is 3.49. The summed E-state index contributed by atoms with van der Waals surface area (Å²) in [6, 6.07) is 14.4. The zero-order chi connectivity index (χ0) is 22.3. The Kier molecular flexibility index (Phi) is 6.12. The summed E-state index contributed by atoms with van der Waals surface area (Å²) in [7, 11) is 0. The van der Waals surface area contributed by atoms with Crippen molar-refractivity contribution in [3.63, 3.8) is 0 Å². The van der Waals surface area contributed by atoms with Gasteiger partial charge in [0.15, 0.2) is 11.5 Å². The van der Waals surface area contributed by atoms with Crippen LogP contribution in [0.1, 0.15) is 26.5 Å². The van der Waals surface area contributed by atoms with Crippen molar-refractivity contribution in [2.45, 2.75) is 0 Å². The van der Waals surface area contributed by atoms with E-state index in [0.29, 0.717) is 22.6 Å². The van der Waals surface area contributed by atoms with E-state index in [0.717, 1.165) is 0 Å². The van der Waals surface area contributed by atoms with Crippen LogP contribution in [0.15, 0.2) is 70.4 Å². The van der Waals surface area contributed by atoms with Gasteiger partial charge < -0.3 is 23.9 Å². The first-order valence-electron chi connectivity index (χ1n) is 9.44. The van der Waals surface area contributed by atoms with Crippen molar-refractivity contribution in [1.29, 1.82) is 0 Å². The second-order valence-electron chi connectivity index (χ2n) is 6.48. The fourth-order valence-electron chi connectivity index (χ4n) is 2.73. The van der Waals surface area contributed by atoms with Crippen molar-refractivity contribution in [2.75, 3.05) is 13.3 Å². The number of carbonyl (C=O) groups is 3. The van der Waals surface area contributed by atoms with E-state index >= 15 is 0 Å². The number of amides is 2. The minimum absolute atomic E-state index is 0.0825. The van der Waals surface area contributed by atoms with Crippen LogP contribution in [0.4, 0.5) is 0 Å². The number of hydrogen-bond donors (Lipinski definition) is 2. The molecular weight excluding hydrogens is 418 g/mol. The molecule has 0 fully saturated rings. The fourth-order valence-corrected chi connectivity index (χ4v) is 2.73. The standard InChI is InChI=1S/C22H17N3O7/c26-20(12-23-21(27)15-6-7-17-19(10-15)31-13-30-17)25-24-11-14-3-1-4-16(9-14)32-22(28)18-5-2-8-29-18/h1-11H,12-13H2,(H,23,27)(H,25,26)/b24-11-. The molecule has 0 spiro atoms. The van der Waals surface area contributed by atoms with Gasteiger partial charge in [0, 0.05) is 5.56 Å². The second-order valence-corrected chi connectivity index (χ2v) is 6.48. The van der Waals surface area contributed by atoms with Crippen LogP contribution in [-0.4, -0.2) is 37.3 Å². The maximum atomic E-state index is 12.2. The van der Waals surface area contributed by atoms with Crippen LogP contribution in [0.2, 0.25) is 0 Å². The van der Waals surface area contributed by atoms with Gasteiger partial charge in [-0.3, -0.25) is 9.59 Å². The smallest absolute Gasteiger partial charge is 0.379 e. The molecule has 162 valence electrons. The highest BCUT2D eigenvalue weighted by molar-refractivity contribution is 5.97. The molecule has 1 aromatic heterocycles. The normalized spacial score (nSPS) is 11.9. The van der Waals surface area contributed by atoms with Gasteiger partial charge in [-0.25, -0.2) is 10.2 Å². The van der Waals surface area contributed by atoms with Crippen LogP contribution < -0.4 is 25.0 Å². The maximum absolute atomic E-state index is 12.2. The van der Waals surface area contributed by atoms with Crippen molar-refractivity contribution < 1.29 is 33.0 Å². The number of esters is 1. The molecule has 0 atom stereocenters. The Hall–Kier alpha value is -4.60. The molecule has 2 heterocycles. The molecule has 10 heteroatoms. The highest BCUT2D eigenvalue weighted by Crippen LogP contribution is 2.32. The Morgan fingerprint density at radius 1 is 1.03 bits per heavy atom. The van der Waals surface area contributed by atoms with Gasteiger partial charge in [0.05, 0.1) is 19.0 Å². The van der Waals surface area contributed by atoms with Gasteiger partial charge in [-0.2, -0.15) is 5.10 Å². The Balaban J connectivity index is 1.25. The van der Waals surface area contributed by atoms with E-state index in [1.807, 2.05) is 0 Å². The number of fused-ring (bicyclic) bond motifs is 1. The van der Waals surface area contributed by atoms with E-state index in [9.17, 15) is 14.4 Å². The van der Waals surface area contributed by atoms with Crippen LogP contribution in [0.5, 0.6) is 17.2 Å². The van der Waals surface area contributed by atoms with Crippen LogP contribution in [0, 0.1) is 0 Å². The number of hydrogen-bond acceptors (Lipinski definition) is 8. The summed E-state index contributed by atoms with van der Waals surface area (Å²) in [6.07, 6.45) is 2.75. The number of rotatable bonds is 7. The largest absolute Gasteiger partial charge is 0.457 e. The fraction of sp³-hybridized carbons (Fsp3) is 0.0909. The van der Waals surface area contributed by atoms with E-state index < -0.39 is 17.8 Å². The SMILES string of the molecule is O=C(CNC(=O)c1ccc2c(c1)OCO2)N/N=C\c1cccc(OC(=O)c2ccco2)c1. The molecule has 10 nitrogen and oxygen atoms in total. The lowest BCUT2D eigenvalue weighted by Crippen LogP contribution is -2.34. The number of carbonyl (C=O) groups excluding carboxylic acids is 3. The van der Waals surface area contributed by atoms with Gasteiger partial charge >= 0.3 is 5.97 Å². The Bertz CT molecular complexity index is 1170. The van der Waals surface area contributed by atoms with Crippen molar-refractivity contribution >= 4 is 24.0 Å². The minimum atomic E-state index is -0.629. The molecule has 0 aliphatic carbocycles. The van der Waals surface area contributed by atoms with Crippen LogP contribution in [0.3, 0.4) is 0 Å². The summed E-state index contributed by atoms with van der Waals surface area (Å²) in [6.45, 7) is -0.165. The lowest BCUT2D eigenvalue weighted by Gasteiger charge is -2.05. The Morgan fingerprint density at radius 2 is 1.91 bits per heavy atom. The highest BCUT2D eigenvalue weighted by Gasteiger charge is 2.16. The number of hydrazone groups is 1. The van der Waals surface area contributed by atoms with Gasteiger partial charge in [0.25, 0.3) is 11.8 Å². The molecular formula is C22H17N3O7. The van der Waals surface area contributed by atoms with E-state index in [4.69, 9.17) is 18.6 Å². The van der Waals surface area contributed by atoms with Crippen molar-refractivity contribution in [3.8, 4) is 17.2 Å². The van der Waals surface area contributed by atoms with Gasteiger partial charge in [-0.15, -0.1) is 0 Å². The topological polar surface area (TPSA) is 128 Å². The molecule has 0 radical (unpaired) electrons. The lowest BCUT2D eigenvalue weighted by molar-refractivity contribution is -0.120. The third-order valence-corrected chi connectivity index (χ3v) is 4.24. The zero-order valence-electron chi connectivity index (χ0n) is 16.6. The zero-order valence-corrected chi connectivity index (χ0v) is 16.6. The van der Waals surface area contributed by atoms with E-state index in [1.54, 1.807) is 48.5 Å². The van der Waals surface area contributed by atoms with Gasteiger partial charge in [0.1, 0.15) is 5.75 Å². The first-order valence-corrected chi connectivity index (χ1v) is 9.44. The highest BCUT2D eigenvalue weighted by atomic mass is 16.7. The summed E-state index contributed by atoms with van der Waals surface area (Å²) in [5, 5.41) is 6.33. The molecule has 1 aliphatic rings. The molecule has 32 heavy (non-hydrogen) atoms. The second kappa shape index (κ2) is 9.47. The number of benzene rings is 2. The van der Waals surface area contributed by atoms with E-state index in [1.165, 1.54) is 18.5 Å². The van der Waals surface area contributed by atoms with Crippen molar-refractivity contribution in [2.24, 2.45) is 5.10 Å². The quantitative estimate of drug-likeness (QED) is 0.252. The number of furan rings is 1. The van der Waals surface area contributed by atoms with Crippen LogP contribution >= 0.6 is 0 Å². The van der Waals surface area contributed by atoms with E-state index in [2.05, 4.69) is 15.8 Å². The summed E-state index contributed by atoms with van der Waals surface area (Å²) < 4.78 is 20.6. The average molecular weight is 435 g/mol. The van der Waals surface area contributed by atoms with Gasteiger partial charge in [0.2, 0.25) is 12.6 Å². The number of ether oxygens (including phenoxy) is 3. The molecule has 0 unspecified atom stereocenters. The van der Waals surface area contributed by atoms with Crippen LogP contribution in [0.25, 0.3) is 0 Å². The Labute approximate surface area is 181 Å². The van der Waals surface area contributed by atoms with Crippen LogP contribution in [-0.2, 0) is 4.79 Å². The molecule has 2 amide bonds. The summed E-state index contributed by atoms with van der Waals surface area (Å²) in [5.74, 6) is -0.172. The third kappa shape index (κ3) is 5.11. The van der Waals surface area contributed by atoms with Crippen molar-refractivity contribution in [1.82, 2.24) is 10.7 Å². The summed E-state index contributed by atoms with van der Waals surface area (Å²) >= 11 is 0. The first kappa shape index (κ1) is 20.7. The third-order valence-electron chi connectivity index (χ3n) is 4.24. The van der Waals surface area contributed by atoms with E-state index in [-0.39, 0.29) is 24.8 Å². The summed E-state index contributed by atoms with van der Waals surface area (Å²) in [4.78, 5) is 36.0. The molecule has 2 aromatic carbocycles. The molecule has 0 saturated carbocycles. The predicted octanol–water partition coefficient (Wildman–Crippen LogP) is 2.11. The lowest BCUT2D eigenvalue weighted by atomic mass is 10.2. The van der Waals surface area contributed by atoms with Crippen molar-refractivity contribution in [3.05, 3.63) is 77.7 Å². The molecule has 2 N–H and O–H groups in total. The molecule has 0 saturated heterocycles. The maximum Gasteiger partial charge on any atom is 0.379 e. The van der Waals surface area contributed by atoms with Gasteiger partial charge in [-0.05, 0) is 48.0 Å². The Morgan fingerprint density at radius 3 is 2.75 bits per heavy atom. The monoisotopic (exact) mass is 435 g/mol. The molecule has 1 aliphatic heterocycles. The van der Waals surface area contributed by atoms with Gasteiger partial charge in [-0.1, -0.05) is 12.1 Å². The number of nitrogens with zero attached hydrogens (tertiary/aromatic N) is 1. The molecule has 4 rings (SSSR count).